The Hall–Kier alpha value is -2.99. The van der Waals surface area contributed by atoms with Gasteiger partial charge >= 0.3 is 0 Å². The van der Waals surface area contributed by atoms with Crippen LogP contribution < -0.4 is 14.8 Å². The van der Waals surface area contributed by atoms with Gasteiger partial charge in [0.05, 0.1) is 41.0 Å². The molecular weight excluding hydrogens is 390 g/mol. The second kappa shape index (κ2) is 9.01. The Morgan fingerprint density at radius 3 is 2.34 bits per heavy atom. The molecule has 2 aromatic carbocycles. The van der Waals surface area contributed by atoms with Gasteiger partial charge in [0.2, 0.25) is 0 Å². The molecule has 3 aromatic rings. The lowest BCUT2D eigenvalue weighted by molar-refractivity contribution is 0.102. The maximum atomic E-state index is 12.8. The Kier molecular flexibility index (Phi) is 6.44. The van der Waals surface area contributed by atoms with Gasteiger partial charge < -0.3 is 14.8 Å². The van der Waals surface area contributed by atoms with E-state index < -0.39 is 0 Å². The van der Waals surface area contributed by atoms with E-state index in [0.29, 0.717) is 41.0 Å². The number of aromatic nitrogens is 2. The molecular formula is C22H24ClN3O3. The van der Waals surface area contributed by atoms with Crippen molar-refractivity contribution < 1.29 is 14.3 Å². The fraction of sp³-hybridized carbons (Fsp3) is 0.273. The van der Waals surface area contributed by atoms with E-state index >= 15 is 0 Å². The zero-order valence-electron chi connectivity index (χ0n) is 17.0. The second-order valence-electron chi connectivity index (χ2n) is 6.42. The quantitative estimate of drug-likeness (QED) is 0.578. The Morgan fingerprint density at radius 2 is 1.76 bits per heavy atom. The van der Waals surface area contributed by atoms with Crippen molar-refractivity contribution in [1.29, 1.82) is 0 Å². The molecule has 7 heteroatoms. The second-order valence-corrected chi connectivity index (χ2v) is 6.80. The number of halogens is 1. The van der Waals surface area contributed by atoms with Crippen LogP contribution in [-0.4, -0.2) is 28.9 Å². The van der Waals surface area contributed by atoms with Crippen molar-refractivity contribution in [3.63, 3.8) is 0 Å². The number of nitrogens with zero attached hydrogens (tertiary/aromatic N) is 2. The Labute approximate surface area is 175 Å². The lowest BCUT2D eigenvalue weighted by Crippen LogP contribution is -2.13. The third kappa shape index (κ3) is 4.54. The molecule has 0 aliphatic rings. The number of hydrogen-bond donors (Lipinski definition) is 1. The molecule has 0 atom stereocenters. The molecule has 1 N–H and O–H groups in total. The molecule has 0 radical (unpaired) electrons. The fourth-order valence-electron chi connectivity index (χ4n) is 2.97. The normalized spacial score (nSPS) is 10.7. The number of anilines is 1. The average molecular weight is 414 g/mol. The van der Waals surface area contributed by atoms with Gasteiger partial charge in [0, 0.05) is 11.6 Å². The summed E-state index contributed by atoms with van der Waals surface area (Å²) < 4.78 is 12.9. The monoisotopic (exact) mass is 413 g/mol. The number of nitrogens with one attached hydrogen (secondary N) is 1. The molecule has 29 heavy (non-hydrogen) atoms. The zero-order chi connectivity index (χ0) is 21.0. The van der Waals surface area contributed by atoms with Gasteiger partial charge in [-0.15, -0.1) is 0 Å². The van der Waals surface area contributed by atoms with Gasteiger partial charge in [-0.3, -0.25) is 4.79 Å². The molecule has 1 amide bonds. The Balaban J connectivity index is 1.82. The third-order valence-corrected chi connectivity index (χ3v) is 4.93. The highest BCUT2D eigenvalue weighted by Gasteiger charge is 2.14. The minimum absolute atomic E-state index is 0.238. The van der Waals surface area contributed by atoms with E-state index in [9.17, 15) is 4.79 Å². The number of benzene rings is 2. The van der Waals surface area contributed by atoms with Gasteiger partial charge in [-0.05, 0) is 64.1 Å². The summed E-state index contributed by atoms with van der Waals surface area (Å²) >= 11 is 6.23. The highest BCUT2D eigenvalue weighted by atomic mass is 35.5. The number of carbonyl (C=O) groups is 1. The number of ether oxygens (including phenoxy) is 2. The maximum Gasteiger partial charge on any atom is 0.255 e. The predicted octanol–water partition coefficient (Wildman–Crippen LogP) is 5.19. The van der Waals surface area contributed by atoms with Crippen molar-refractivity contribution in [3.8, 4) is 17.2 Å². The lowest BCUT2D eigenvalue weighted by atomic mass is 10.2. The molecule has 0 aliphatic heterocycles. The van der Waals surface area contributed by atoms with Crippen LogP contribution in [0.25, 0.3) is 5.69 Å². The van der Waals surface area contributed by atoms with Crippen molar-refractivity contribution in [2.24, 2.45) is 0 Å². The van der Waals surface area contributed by atoms with Crippen molar-refractivity contribution in [1.82, 2.24) is 9.78 Å². The summed E-state index contributed by atoms with van der Waals surface area (Å²) in [7, 11) is 0. The van der Waals surface area contributed by atoms with Gasteiger partial charge in [-0.1, -0.05) is 11.6 Å². The van der Waals surface area contributed by atoms with Crippen LogP contribution in [0, 0.1) is 13.8 Å². The van der Waals surface area contributed by atoms with E-state index in [2.05, 4.69) is 10.4 Å². The molecule has 0 fully saturated rings. The fourth-order valence-corrected chi connectivity index (χ4v) is 3.09. The molecule has 0 saturated heterocycles. The number of amides is 1. The molecule has 1 heterocycles. The van der Waals surface area contributed by atoms with E-state index in [0.717, 1.165) is 17.1 Å². The lowest BCUT2D eigenvalue weighted by Gasteiger charge is -2.14. The first-order valence-corrected chi connectivity index (χ1v) is 9.85. The van der Waals surface area contributed by atoms with Gasteiger partial charge in [0.15, 0.2) is 0 Å². The summed E-state index contributed by atoms with van der Waals surface area (Å²) in [6, 6.07) is 12.6. The van der Waals surface area contributed by atoms with Crippen LogP contribution in [0.2, 0.25) is 5.02 Å². The van der Waals surface area contributed by atoms with E-state index in [1.54, 1.807) is 28.9 Å². The average Bonchev–Trinajstić information content (AvgIpc) is 2.97. The molecule has 0 bridgehead atoms. The van der Waals surface area contributed by atoms with Crippen molar-refractivity contribution >= 4 is 23.2 Å². The molecule has 3 rings (SSSR count). The van der Waals surface area contributed by atoms with Crippen LogP contribution >= 0.6 is 11.6 Å². The van der Waals surface area contributed by atoms with Crippen LogP contribution in [0.1, 0.15) is 35.6 Å². The molecule has 6 nitrogen and oxygen atoms in total. The number of carbonyl (C=O) groups excluding carboxylic acids is 1. The maximum absolute atomic E-state index is 12.8. The molecule has 0 saturated carbocycles. The molecule has 152 valence electrons. The van der Waals surface area contributed by atoms with E-state index in [4.69, 9.17) is 21.1 Å². The highest BCUT2D eigenvalue weighted by Crippen LogP contribution is 2.30. The van der Waals surface area contributed by atoms with Crippen molar-refractivity contribution in [2.75, 3.05) is 18.5 Å². The summed E-state index contributed by atoms with van der Waals surface area (Å²) in [5, 5.41) is 7.99. The first-order chi connectivity index (χ1) is 13.9. The molecule has 1 aromatic heterocycles. The molecule has 0 unspecified atom stereocenters. The number of rotatable bonds is 7. The van der Waals surface area contributed by atoms with E-state index in [-0.39, 0.29) is 5.91 Å². The first kappa shape index (κ1) is 20.7. The summed E-state index contributed by atoms with van der Waals surface area (Å²) in [5.74, 6) is 1.03. The minimum Gasteiger partial charge on any atom is -0.494 e. The summed E-state index contributed by atoms with van der Waals surface area (Å²) in [6.45, 7) is 8.61. The summed E-state index contributed by atoms with van der Waals surface area (Å²) in [4.78, 5) is 12.8. The topological polar surface area (TPSA) is 65.4 Å². The Bertz CT molecular complexity index is 1010. The van der Waals surface area contributed by atoms with E-state index in [1.807, 2.05) is 45.9 Å². The van der Waals surface area contributed by atoms with Gasteiger partial charge in [0.1, 0.15) is 11.5 Å². The van der Waals surface area contributed by atoms with Crippen molar-refractivity contribution in [2.45, 2.75) is 27.7 Å². The number of aryl methyl sites for hydroxylation is 1. The molecule has 0 spiro atoms. The van der Waals surface area contributed by atoms with Gasteiger partial charge in [-0.2, -0.15) is 5.10 Å². The van der Waals surface area contributed by atoms with Crippen LogP contribution in [-0.2, 0) is 0 Å². The van der Waals surface area contributed by atoms with E-state index in [1.165, 1.54) is 0 Å². The first-order valence-electron chi connectivity index (χ1n) is 9.47. The predicted molar refractivity (Wildman–Crippen MR) is 115 cm³/mol. The van der Waals surface area contributed by atoms with Gasteiger partial charge in [-0.25, -0.2) is 4.68 Å². The largest absolute Gasteiger partial charge is 0.494 e. The van der Waals surface area contributed by atoms with Crippen LogP contribution in [0.4, 0.5) is 5.69 Å². The molecule has 0 aliphatic carbocycles. The third-order valence-electron chi connectivity index (χ3n) is 4.39. The van der Waals surface area contributed by atoms with Crippen molar-refractivity contribution in [3.05, 3.63) is 64.4 Å². The van der Waals surface area contributed by atoms with Crippen LogP contribution in [0.5, 0.6) is 11.5 Å². The highest BCUT2D eigenvalue weighted by molar-refractivity contribution is 6.31. The van der Waals surface area contributed by atoms with Gasteiger partial charge in [0.25, 0.3) is 5.91 Å². The van der Waals surface area contributed by atoms with Crippen LogP contribution in [0.3, 0.4) is 0 Å². The minimum atomic E-state index is -0.238. The SMILES string of the molecule is CCOc1ccc(OCC)c(NC(=O)c2ccc(-n3nc(C)c(Cl)c3C)cc2)c1. The standard InChI is InChI=1S/C22H24ClN3O3/c1-5-28-18-11-12-20(29-6-2)19(13-18)24-22(27)16-7-9-17(10-8-16)26-15(4)21(23)14(3)25-26/h7-13H,5-6H2,1-4H3,(H,24,27). The smallest absolute Gasteiger partial charge is 0.255 e. The summed E-state index contributed by atoms with van der Waals surface area (Å²) in [5.41, 5.74) is 3.55. The summed E-state index contributed by atoms with van der Waals surface area (Å²) in [6.07, 6.45) is 0. The Morgan fingerprint density at radius 1 is 1.07 bits per heavy atom. The van der Waals surface area contributed by atoms with Crippen LogP contribution in [0.15, 0.2) is 42.5 Å². The zero-order valence-corrected chi connectivity index (χ0v) is 17.7. The number of hydrogen-bond acceptors (Lipinski definition) is 4.